The quantitative estimate of drug-likeness (QED) is 0.721. The van der Waals surface area contributed by atoms with Crippen molar-refractivity contribution in [2.45, 2.75) is 72.0 Å². The predicted octanol–water partition coefficient (Wildman–Crippen LogP) is 2.85. The Morgan fingerprint density at radius 3 is 2.24 bits per heavy atom. The molecule has 0 aliphatic rings. The lowest BCUT2D eigenvalue weighted by atomic mass is 9.81. The van der Waals surface area contributed by atoms with E-state index in [0.29, 0.717) is 0 Å². The minimum Gasteiger partial charge on any atom is -0.310 e. The minimum absolute atomic E-state index is 0.103. The molecule has 122 valence electrons. The molecule has 1 unspecified atom stereocenters. The zero-order chi connectivity index (χ0) is 15.9. The van der Waals surface area contributed by atoms with E-state index in [0.717, 1.165) is 38.9 Å². The lowest BCUT2D eigenvalue weighted by Gasteiger charge is -2.47. The third-order valence-electron chi connectivity index (χ3n) is 4.82. The summed E-state index contributed by atoms with van der Waals surface area (Å²) < 4.78 is 2.06. The molecule has 1 rings (SSSR count). The second kappa shape index (κ2) is 8.49. The first kappa shape index (κ1) is 18.1. The summed E-state index contributed by atoms with van der Waals surface area (Å²) >= 11 is 0. The zero-order valence-electron chi connectivity index (χ0n) is 14.7. The second-order valence-corrected chi connectivity index (χ2v) is 5.59. The van der Waals surface area contributed by atoms with Crippen molar-refractivity contribution < 1.29 is 0 Å². The van der Waals surface area contributed by atoms with Crippen molar-refractivity contribution in [2.24, 2.45) is 0 Å². The Labute approximate surface area is 130 Å². The van der Waals surface area contributed by atoms with E-state index in [9.17, 15) is 0 Å². The van der Waals surface area contributed by atoms with Gasteiger partial charge in [0, 0.05) is 12.1 Å². The van der Waals surface area contributed by atoms with Crippen LogP contribution < -0.4 is 5.32 Å². The molecule has 1 N–H and O–H groups in total. The normalized spacial score (nSPS) is 13.9. The van der Waals surface area contributed by atoms with E-state index < -0.39 is 0 Å². The monoisotopic (exact) mass is 295 g/mol. The van der Waals surface area contributed by atoms with Gasteiger partial charge in [-0.2, -0.15) is 0 Å². The summed E-state index contributed by atoms with van der Waals surface area (Å²) in [5, 5.41) is 12.0. The van der Waals surface area contributed by atoms with Crippen molar-refractivity contribution >= 4 is 0 Å². The Bertz CT molecular complexity index is 393. The van der Waals surface area contributed by atoms with E-state index in [-0.39, 0.29) is 11.6 Å². The van der Waals surface area contributed by atoms with Gasteiger partial charge in [0.1, 0.15) is 0 Å². The molecule has 0 radical (unpaired) electrons. The summed E-state index contributed by atoms with van der Waals surface area (Å²) in [5.74, 6) is 0. The molecule has 0 aromatic carbocycles. The van der Waals surface area contributed by atoms with Crippen molar-refractivity contribution in [3.63, 3.8) is 0 Å². The predicted molar refractivity (Wildman–Crippen MR) is 88.3 cm³/mol. The summed E-state index contributed by atoms with van der Waals surface area (Å²) in [6, 6.07) is 0.244. The molecule has 1 aromatic heterocycles. The number of rotatable bonds is 10. The Balaban J connectivity index is 3.27. The molecule has 5 nitrogen and oxygen atoms in total. The van der Waals surface area contributed by atoms with Gasteiger partial charge in [0.25, 0.3) is 0 Å². The summed E-state index contributed by atoms with van der Waals surface area (Å²) in [6.45, 7) is 14.3. The number of nitrogens with one attached hydrogen (secondary N) is 1. The molecule has 0 aliphatic carbocycles. The Morgan fingerprint density at radius 1 is 1.19 bits per heavy atom. The number of hydrogen-bond acceptors (Lipinski definition) is 4. The largest absolute Gasteiger partial charge is 0.310 e. The second-order valence-electron chi connectivity index (χ2n) is 5.59. The van der Waals surface area contributed by atoms with Crippen LogP contribution in [0.15, 0.2) is 6.20 Å². The Morgan fingerprint density at radius 2 is 1.81 bits per heavy atom. The third-order valence-corrected chi connectivity index (χ3v) is 4.82. The van der Waals surface area contributed by atoms with Crippen LogP contribution in [0.3, 0.4) is 0 Å². The van der Waals surface area contributed by atoms with Crippen LogP contribution in [0, 0.1) is 0 Å². The lowest BCUT2D eigenvalue weighted by molar-refractivity contribution is 0.0483. The molecule has 0 fully saturated rings. The highest BCUT2D eigenvalue weighted by atomic mass is 15.4. The maximum Gasteiger partial charge on any atom is 0.0775 e. The van der Waals surface area contributed by atoms with Crippen molar-refractivity contribution in [2.75, 3.05) is 20.1 Å². The van der Waals surface area contributed by atoms with Crippen LogP contribution in [-0.2, 0) is 6.54 Å². The summed E-state index contributed by atoms with van der Waals surface area (Å²) in [4.78, 5) is 2.58. The van der Waals surface area contributed by atoms with E-state index in [1.54, 1.807) is 0 Å². The third kappa shape index (κ3) is 3.46. The smallest absolute Gasteiger partial charge is 0.0775 e. The van der Waals surface area contributed by atoms with Gasteiger partial charge in [-0.15, -0.1) is 5.10 Å². The maximum atomic E-state index is 4.28. The fourth-order valence-corrected chi connectivity index (χ4v) is 3.71. The van der Waals surface area contributed by atoms with Gasteiger partial charge in [-0.25, -0.2) is 4.68 Å². The van der Waals surface area contributed by atoms with Crippen LogP contribution in [0.2, 0.25) is 0 Å². The SMILES string of the molecule is CCCn1nncc1C(NC)C(CC)(CC)N(CC)CC. The van der Waals surface area contributed by atoms with Crippen LogP contribution in [0.25, 0.3) is 0 Å². The van der Waals surface area contributed by atoms with Gasteiger partial charge >= 0.3 is 0 Å². The minimum atomic E-state index is 0.103. The molecule has 21 heavy (non-hydrogen) atoms. The van der Waals surface area contributed by atoms with E-state index in [1.165, 1.54) is 5.69 Å². The van der Waals surface area contributed by atoms with Gasteiger partial charge in [0.15, 0.2) is 0 Å². The van der Waals surface area contributed by atoms with Crippen LogP contribution in [0.5, 0.6) is 0 Å². The first-order valence-corrected chi connectivity index (χ1v) is 8.45. The molecule has 1 atom stereocenters. The molecule has 0 spiro atoms. The van der Waals surface area contributed by atoms with E-state index in [2.05, 4.69) is 66.9 Å². The van der Waals surface area contributed by atoms with Gasteiger partial charge in [-0.3, -0.25) is 4.90 Å². The molecule has 0 saturated carbocycles. The summed E-state index contributed by atoms with van der Waals surface area (Å²) in [6.07, 6.45) is 5.21. The molecule has 0 bridgehead atoms. The fraction of sp³-hybridized carbons (Fsp3) is 0.875. The molecule has 1 aromatic rings. The zero-order valence-corrected chi connectivity index (χ0v) is 14.7. The highest BCUT2D eigenvalue weighted by molar-refractivity contribution is 5.13. The van der Waals surface area contributed by atoms with Gasteiger partial charge in [0.2, 0.25) is 0 Å². The van der Waals surface area contributed by atoms with Crippen LogP contribution >= 0.6 is 0 Å². The summed E-state index contributed by atoms with van der Waals surface area (Å²) in [5.41, 5.74) is 1.31. The standard InChI is InChI=1S/C16H33N5/c1-7-12-21-14(13-18-19-21)15(17-6)16(8-2,9-3)20(10-4)11-5/h13,15,17H,7-12H2,1-6H3. The maximum absolute atomic E-state index is 4.28. The Hall–Kier alpha value is -0.940. The van der Waals surface area contributed by atoms with E-state index >= 15 is 0 Å². The first-order chi connectivity index (χ1) is 10.1. The van der Waals surface area contributed by atoms with E-state index in [4.69, 9.17) is 0 Å². The number of likely N-dealkylation sites (N-methyl/N-ethyl adjacent to an activating group) is 2. The molecular formula is C16H33N5. The van der Waals surface area contributed by atoms with Crippen LogP contribution in [0.1, 0.15) is 65.6 Å². The van der Waals surface area contributed by atoms with Gasteiger partial charge in [-0.05, 0) is 39.4 Å². The topological polar surface area (TPSA) is 46.0 Å². The van der Waals surface area contributed by atoms with Gasteiger partial charge < -0.3 is 5.32 Å². The number of nitrogens with zero attached hydrogens (tertiary/aromatic N) is 4. The molecule has 0 saturated heterocycles. The fourth-order valence-electron chi connectivity index (χ4n) is 3.71. The highest BCUT2D eigenvalue weighted by Gasteiger charge is 2.41. The molecule has 0 amide bonds. The summed E-state index contributed by atoms with van der Waals surface area (Å²) in [7, 11) is 2.05. The van der Waals surface area contributed by atoms with Gasteiger partial charge in [0.05, 0.1) is 17.9 Å². The highest BCUT2D eigenvalue weighted by Crippen LogP contribution is 2.36. The molecular weight excluding hydrogens is 262 g/mol. The van der Waals surface area contributed by atoms with Crippen LogP contribution in [-0.4, -0.2) is 45.6 Å². The van der Waals surface area contributed by atoms with Crippen molar-refractivity contribution in [3.8, 4) is 0 Å². The molecule has 0 aliphatic heterocycles. The first-order valence-electron chi connectivity index (χ1n) is 8.45. The lowest BCUT2D eigenvalue weighted by Crippen LogP contribution is -2.56. The average Bonchev–Trinajstić information content (AvgIpc) is 2.95. The number of hydrogen-bond donors (Lipinski definition) is 1. The van der Waals surface area contributed by atoms with Crippen molar-refractivity contribution in [1.29, 1.82) is 0 Å². The van der Waals surface area contributed by atoms with Crippen molar-refractivity contribution in [1.82, 2.24) is 25.2 Å². The van der Waals surface area contributed by atoms with Gasteiger partial charge in [-0.1, -0.05) is 39.8 Å². The van der Waals surface area contributed by atoms with E-state index in [1.807, 2.05) is 6.20 Å². The molecule has 5 heteroatoms. The Kier molecular flexibility index (Phi) is 7.32. The van der Waals surface area contributed by atoms with Crippen molar-refractivity contribution in [3.05, 3.63) is 11.9 Å². The number of aromatic nitrogens is 3. The molecule has 1 heterocycles. The van der Waals surface area contributed by atoms with Crippen LogP contribution in [0.4, 0.5) is 0 Å². The number of aryl methyl sites for hydroxylation is 1. The average molecular weight is 295 g/mol.